The molecule has 1 heterocycles. The van der Waals surface area contributed by atoms with E-state index >= 15 is 0 Å². The van der Waals surface area contributed by atoms with Crippen LogP contribution in [-0.2, 0) is 17.8 Å². The Labute approximate surface area is 201 Å². The van der Waals surface area contributed by atoms with E-state index in [0.29, 0.717) is 31.3 Å². The molecule has 1 aliphatic heterocycles. The highest BCUT2D eigenvalue weighted by Crippen LogP contribution is 2.24. The van der Waals surface area contributed by atoms with Gasteiger partial charge in [0.2, 0.25) is 0 Å². The Morgan fingerprint density at radius 1 is 1.19 bits per heavy atom. The molecular formula is C23H32FIN4O2. The highest BCUT2D eigenvalue weighted by molar-refractivity contribution is 14.0. The molecule has 0 saturated carbocycles. The number of ether oxygens (including phenoxy) is 2. The number of aliphatic imine (C=N–C) groups is 1. The number of guanidine groups is 1. The molecule has 31 heavy (non-hydrogen) atoms. The molecule has 1 saturated heterocycles. The van der Waals surface area contributed by atoms with Crippen LogP contribution in [0.1, 0.15) is 23.1 Å². The molecule has 0 aromatic heterocycles. The van der Waals surface area contributed by atoms with Crippen molar-refractivity contribution in [3.63, 3.8) is 0 Å². The molecule has 170 valence electrons. The lowest BCUT2D eigenvalue weighted by atomic mass is 10.1. The Balaban J connectivity index is 0.00000341. The fourth-order valence-corrected chi connectivity index (χ4v) is 3.31. The summed E-state index contributed by atoms with van der Waals surface area (Å²) in [5, 5.41) is 6.54. The van der Waals surface area contributed by atoms with Crippen LogP contribution in [0.25, 0.3) is 0 Å². The Kier molecular flexibility index (Phi) is 9.83. The van der Waals surface area contributed by atoms with Crippen molar-refractivity contribution in [3.8, 4) is 5.75 Å². The number of benzene rings is 2. The monoisotopic (exact) mass is 542 g/mol. The molecule has 2 aromatic carbocycles. The summed E-state index contributed by atoms with van der Waals surface area (Å²) in [4.78, 5) is 6.02. The summed E-state index contributed by atoms with van der Waals surface area (Å²) in [5.74, 6) is 1.28. The molecule has 3 rings (SSSR count). The van der Waals surface area contributed by atoms with Crippen LogP contribution in [0.3, 0.4) is 0 Å². The van der Waals surface area contributed by atoms with Crippen LogP contribution in [0.2, 0.25) is 0 Å². The van der Waals surface area contributed by atoms with Crippen molar-refractivity contribution < 1.29 is 13.9 Å². The quantitative estimate of drug-likeness (QED) is 0.317. The highest BCUT2D eigenvalue weighted by atomic mass is 127. The van der Waals surface area contributed by atoms with Gasteiger partial charge in [-0.2, -0.15) is 0 Å². The highest BCUT2D eigenvalue weighted by Gasteiger charge is 2.18. The molecule has 6 nitrogen and oxygen atoms in total. The SMILES string of the molecule is CN=C(NCc1ccc(N(C)C)c(F)c1)NCc1ccc(C)cc1OC1CCOC1.I. The van der Waals surface area contributed by atoms with Gasteiger partial charge in [-0.05, 0) is 36.2 Å². The zero-order chi connectivity index (χ0) is 21.5. The number of rotatable bonds is 7. The van der Waals surface area contributed by atoms with Crippen LogP contribution in [0.4, 0.5) is 10.1 Å². The molecule has 8 heteroatoms. The third-order valence-electron chi connectivity index (χ3n) is 5.03. The lowest BCUT2D eigenvalue weighted by molar-refractivity contribution is 0.140. The van der Waals surface area contributed by atoms with Crippen LogP contribution in [0.15, 0.2) is 41.4 Å². The summed E-state index contributed by atoms with van der Waals surface area (Å²) in [6, 6.07) is 11.4. The summed E-state index contributed by atoms with van der Waals surface area (Å²) < 4.78 is 25.8. The largest absolute Gasteiger partial charge is 0.488 e. The van der Waals surface area contributed by atoms with Crippen molar-refractivity contribution in [2.24, 2.45) is 4.99 Å². The minimum Gasteiger partial charge on any atom is -0.488 e. The van der Waals surface area contributed by atoms with E-state index in [9.17, 15) is 4.39 Å². The second-order valence-corrected chi connectivity index (χ2v) is 7.67. The van der Waals surface area contributed by atoms with E-state index in [2.05, 4.69) is 40.7 Å². The second kappa shape index (κ2) is 12.1. The fraction of sp³-hybridized carbons (Fsp3) is 0.435. The number of aryl methyl sites for hydroxylation is 1. The molecule has 0 radical (unpaired) electrons. The number of hydrogen-bond acceptors (Lipinski definition) is 4. The van der Waals surface area contributed by atoms with Gasteiger partial charge in [-0.1, -0.05) is 18.2 Å². The molecule has 1 atom stereocenters. The van der Waals surface area contributed by atoms with E-state index < -0.39 is 0 Å². The van der Waals surface area contributed by atoms with Gasteiger partial charge in [-0.15, -0.1) is 24.0 Å². The molecular weight excluding hydrogens is 510 g/mol. The Hall–Kier alpha value is -2.07. The average Bonchev–Trinajstić information content (AvgIpc) is 3.22. The maximum Gasteiger partial charge on any atom is 0.191 e. The third-order valence-corrected chi connectivity index (χ3v) is 5.03. The first-order valence-electron chi connectivity index (χ1n) is 10.2. The topological polar surface area (TPSA) is 58.1 Å². The lowest BCUT2D eigenvalue weighted by Gasteiger charge is -2.18. The first kappa shape index (κ1) is 25.2. The summed E-state index contributed by atoms with van der Waals surface area (Å²) in [7, 11) is 5.36. The maximum atomic E-state index is 14.2. The molecule has 0 amide bonds. The standard InChI is InChI=1S/C23H31FN4O2.HI/c1-16-5-7-18(22(11-16)30-19-9-10-29-15-19)14-27-23(25-2)26-13-17-6-8-21(28(3)4)20(24)12-17;/h5-8,11-12,19H,9-10,13-15H2,1-4H3,(H2,25,26,27);1H. The first-order valence-corrected chi connectivity index (χ1v) is 10.2. The molecule has 1 unspecified atom stereocenters. The molecule has 0 spiro atoms. The van der Waals surface area contributed by atoms with Crippen LogP contribution in [-0.4, -0.2) is 46.4 Å². The number of nitrogens with one attached hydrogen (secondary N) is 2. The fourth-order valence-electron chi connectivity index (χ4n) is 3.31. The molecule has 0 aliphatic carbocycles. The van der Waals surface area contributed by atoms with Gasteiger partial charge in [0.25, 0.3) is 0 Å². The second-order valence-electron chi connectivity index (χ2n) is 7.67. The van der Waals surface area contributed by atoms with E-state index in [1.165, 1.54) is 0 Å². The van der Waals surface area contributed by atoms with Gasteiger partial charge in [-0.25, -0.2) is 4.39 Å². The van der Waals surface area contributed by atoms with Crippen molar-refractivity contribution in [1.82, 2.24) is 10.6 Å². The van der Waals surface area contributed by atoms with Gasteiger partial charge in [0.05, 0.1) is 18.9 Å². The van der Waals surface area contributed by atoms with Crippen LogP contribution in [0.5, 0.6) is 5.75 Å². The minimum absolute atomic E-state index is 0. The van der Waals surface area contributed by atoms with Gasteiger partial charge >= 0.3 is 0 Å². The minimum atomic E-state index is -0.236. The van der Waals surface area contributed by atoms with Crippen molar-refractivity contribution in [3.05, 3.63) is 58.9 Å². The van der Waals surface area contributed by atoms with Gasteiger partial charge in [0, 0.05) is 46.2 Å². The van der Waals surface area contributed by atoms with Gasteiger partial charge in [0.15, 0.2) is 5.96 Å². The zero-order valence-electron chi connectivity index (χ0n) is 18.6. The molecule has 2 N–H and O–H groups in total. The lowest BCUT2D eigenvalue weighted by Crippen LogP contribution is -2.36. The molecule has 1 fully saturated rings. The zero-order valence-corrected chi connectivity index (χ0v) is 20.9. The number of anilines is 1. The Morgan fingerprint density at radius 3 is 2.61 bits per heavy atom. The Bertz CT molecular complexity index is 886. The van der Waals surface area contributed by atoms with E-state index in [1.807, 2.05) is 20.2 Å². The van der Waals surface area contributed by atoms with Crippen molar-refractivity contribution in [2.45, 2.75) is 32.5 Å². The van der Waals surface area contributed by atoms with Crippen molar-refractivity contribution >= 4 is 35.6 Å². The summed E-state index contributed by atoms with van der Waals surface area (Å²) in [6.07, 6.45) is 1.01. The maximum absolute atomic E-state index is 14.2. The van der Waals surface area contributed by atoms with Gasteiger partial charge < -0.3 is 25.0 Å². The van der Waals surface area contributed by atoms with Gasteiger partial charge in [0.1, 0.15) is 17.7 Å². The van der Waals surface area contributed by atoms with Crippen molar-refractivity contribution in [2.75, 3.05) is 39.3 Å². The number of halogens is 2. The third kappa shape index (κ3) is 7.24. The van der Waals surface area contributed by atoms with Gasteiger partial charge in [-0.3, -0.25) is 4.99 Å². The van der Waals surface area contributed by atoms with Crippen LogP contribution in [0, 0.1) is 12.7 Å². The Morgan fingerprint density at radius 2 is 1.97 bits per heavy atom. The predicted molar refractivity (Wildman–Crippen MR) is 134 cm³/mol. The summed E-state index contributed by atoms with van der Waals surface area (Å²) in [5.41, 5.74) is 3.62. The molecule has 2 aromatic rings. The number of hydrogen-bond donors (Lipinski definition) is 2. The van der Waals surface area contributed by atoms with Crippen molar-refractivity contribution in [1.29, 1.82) is 0 Å². The average molecular weight is 542 g/mol. The molecule has 0 bridgehead atoms. The molecule has 1 aliphatic rings. The first-order chi connectivity index (χ1) is 14.5. The normalized spacial score (nSPS) is 15.9. The number of nitrogens with zero attached hydrogens (tertiary/aromatic N) is 2. The summed E-state index contributed by atoms with van der Waals surface area (Å²) >= 11 is 0. The van der Waals surface area contributed by atoms with E-state index in [4.69, 9.17) is 9.47 Å². The van der Waals surface area contributed by atoms with Crippen LogP contribution >= 0.6 is 24.0 Å². The summed E-state index contributed by atoms with van der Waals surface area (Å²) in [6.45, 7) is 4.47. The van der Waals surface area contributed by atoms with E-state index in [-0.39, 0.29) is 35.9 Å². The predicted octanol–water partition coefficient (Wildman–Crippen LogP) is 3.85. The van der Waals surface area contributed by atoms with E-state index in [0.717, 1.165) is 35.5 Å². The smallest absolute Gasteiger partial charge is 0.191 e. The van der Waals surface area contributed by atoms with E-state index in [1.54, 1.807) is 24.1 Å². The van der Waals surface area contributed by atoms with Crippen LogP contribution < -0.4 is 20.3 Å².